The van der Waals surface area contributed by atoms with E-state index in [9.17, 15) is 8.42 Å². The molecule has 0 atom stereocenters. The van der Waals surface area contributed by atoms with E-state index in [1.807, 2.05) is 31.2 Å². The minimum Gasteiger partial charge on any atom is -0.270 e. The van der Waals surface area contributed by atoms with Gasteiger partial charge in [0.2, 0.25) is 10.0 Å². The first-order valence-electron chi connectivity index (χ1n) is 4.67. The number of nitrogens with zero attached hydrogens (tertiary/aromatic N) is 1. The van der Waals surface area contributed by atoms with Gasteiger partial charge in [0.1, 0.15) is 0 Å². The molecule has 1 saturated heterocycles. The fourth-order valence-corrected chi connectivity index (χ4v) is 3.38. The molecule has 0 radical (unpaired) electrons. The Labute approximate surface area is 84.4 Å². The summed E-state index contributed by atoms with van der Waals surface area (Å²) in [6, 6.07) is 7.58. The van der Waals surface area contributed by atoms with E-state index in [-0.39, 0.29) is 5.75 Å². The van der Waals surface area contributed by atoms with Gasteiger partial charge in [-0.15, -0.1) is 0 Å². The summed E-state index contributed by atoms with van der Waals surface area (Å²) >= 11 is 0. The highest BCUT2D eigenvalue weighted by Gasteiger charge is 2.28. The molecule has 1 aromatic carbocycles. The molecule has 1 fully saturated rings. The Bertz CT molecular complexity index is 439. The first-order valence-corrected chi connectivity index (χ1v) is 6.28. The molecule has 0 spiro atoms. The van der Waals surface area contributed by atoms with Crippen molar-refractivity contribution in [3.63, 3.8) is 0 Å². The van der Waals surface area contributed by atoms with Crippen LogP contribution in [0.3, 0.4) is 0 Å². The van der Waals surface area contributed by atoms with Crippen molar-refractivity contribution >= 4 is 15.7 Å². The van der Waals surface area contributed by atoms with Crippen molar-refractivity contribution in [2.75, 3.05) is 16.6 Å². The average molecular weight is 211 g/mol. The number of anilines is 1. The lowest BCUT2D eigenvalue weighted by Crippen LogP contribution is -2.25. The Morgan fingerprint density at radius 2 is 2.00 bits per heavy atom. The molecular weight excluding hydrogens is 198 g/mol. The molecule has 0 aromatic heterocycles. The van der Waals surface area contributed by atoms with E-state index in [1.54, 1.807) is 0 Å². The van der Waals surface area contributed by atoms with Gasteiger partial charge >= 0.3 is 0 Å². The molecule has 3 nitrogen and oxygen atoms in total. The molecule has 4 heteroatoms. The van der Waals surface area contributed by atoms with E-state index in [0.29, 0.717) is 6.54 Å². The summed E-state index contributed by atoms with van der Waals surface area (Å²) in [5.41, 5.74) is 1.84. The Hall–Kier alpha value is -1.03. The highest BCUT2D eigenvalue weighted by Crippen LogP contribution is 2.26. The topological polar surface area (TPSA) is 37.4 Å². The quantitative estimate of drug-likeness (QED) is 0.706. The maximum atomic E-state index is 11.6. The SMILES string of the molecule is Cc1ccccc1N1CCCS1(=O)=O. The molecule has 1 heterocycles. The molecule has 14 heavy (non-hydrogen) atoms. The van der Waals surface area contributed by atoms with Gasteiger partial charge in [0.05, 0.1) is 11.4 Å². The number of hydrogen-bond acceptors (Lipinski definition) is 2. The predicted molar refractivity (Wildman–Crippen MR) is 56.9 cm³/mol. The van der Waals surface area contributed by atoms with Crippen LogP contribution in [0.15, 0.2) is 24.3 Å². The van der Waals surface area contributed by atoms with Crippen LogP contribution in [0, 0.1) is 6.92 Å². The zero-order valence-corrected chi connectivity index (χ0v) is 8.92. The van der Waals surface area contributed by atoms with E-state index < -0.39 is 10.0 Å². The van der Waals surface area contributed by atoms with Crippen molar-refractivity contribution in [1.29, 1.82) is 0 Å². The molecular formula is C10H13NO2S. The van der Waals surface area contributed by atoms with Gasteiger partial charge in [0.25, 0.3) is 0 Å². The maximum Gasteiger partial charge on any atom is 0.235 e. The van der Waals surface area contributed by atoms with Crippen molar-refractivity contribution in [3.05, 3.63) is 29.8 Å². The molecule has 1 aliphatic rings. The summed E-state index contributed by atoms with van der Waals surface area (Å²) in [5.74, 6) is 0.279. The number of para-hydroxylation sites is 1. The Morgan fingerprint density at radius 1 is 1.29 bits per heavy atom. The van der Waals surface area contributed by atoms with Gasteiger partial charge in [-0.3, -0.25) is 4.31 Å². The van der Waals surface area contributed by atoms with Crippen LogP contribution in [0.2, 0.25) is 0 Å². The molecule has 1 aliphatic heterocycles. The Morgan fingerprint density at radius 3 is 2.57 bits per heavy atom. The molecule has 0 bridgehead atoms. The summed E-state index contributed by atoms with van der Waals surface area (Å²) in [6.45, 7) is 2.55. The van der Waals surface area contributed by atoms with E-state index in [4.69, 9.17) is 0 Å². The first-order chi connectivity index (χ1) is 6.61. The third kappa shape index (κ3) is 1.50. The number of sulfonamides is 1. The number of aryl methyl sites for hydroxylation is 1. The van der Waals surface area contributed by atoms with Gasteiger partial charge in [-0.05, 0) is 25.0 Å². The molecule has 0 aliphatic carbocycles. The van der Waals surface area contributed by atoms with Gasteiger partial charge in [0.15, 0.2) is 0 Å². The third-order valence-corrected chi connectivity index (χ3v) is 4.34. The highest BCUT2D eigenvalue weighted by atomic mass is 32.2. The largest absolute Gasteiger partial charge is 0.270 e. The van der Waals surface area contributed by atoms with Crippen molar-refractivity contribution < 1.29 is 8.42 Å². The van der Waals surface area contributed by atoms with Crippen LogP contribution >= 0.6 is 0 Å². The Balaban J connectivity index is 2.46. The lowest BCUT2D eigenvalue weighted by Gasteiger charge is -2.18. The van der Waals surface area contributed by atoms with Crippen LogP contribution in [0.4, 0.5) is 5.69 Å². The van der Waals surface area contributed by atoms with E-state index in [2.05, 4.69) is 0 Å². The van der Waals surface area contributed by atoms with E-state index in [1.165, 1.54) is 4.31 Å². The summed E-state index contributed by atoms with van der Waals surface area (Å²) in [4.78, 5) is 0. The van der Waals surface area contributed by atoms with Crippen molar-refractivity contribution in [2.24, 2.45) is 0 Å². The lowest BCUT2D eigenvalue weighted by atomic mass is 10.2. The van der Waals surface area contributed by atoms with Gasteiger partial charge in [-0.2, -0.15) is 0 Å². The van der Waals surface area contributed by atoms with E-state index >= 15 is 0 Å². The fourth-order valence-electron chi connectivity index (χ4n) is 1.75. The van der Waals surface area contributed by atoms with Crippen LogP contribution in [0.5, 0.6) is 0 Å². The molecule has 1 aromatic rings. The monoisotopic (exact) mass is 211 g/mol. The third-order valence-electron chi connectivity index (χ3n) is 2.48. The first kappa shape index (κ1) is 9.52. The number of benzene rings is 1. The highest BCUT2D eigenvalue weighted by molar-refractivity contribution is 7.93. The van der Waals surface area contributed by atoms with Crippen LogP contribution in [-0.4, -0.2) is 20.7 Å². The smallest absolute Gasteiger partial charge is 0.235 e. The Kier molecular flexibility index (Phi) is 2.23. The number of hydrogen-bond donors (Lipinski definition) is 0. The molecule has 0 saturated carbocycles. The van der Waals surface area contributed by atoms with Crippen LogP contribution in [0.1, 0.15) is 12.0 Å². The maximum absolute atomic E-state index is 11.6. The zero-order chi connectivity index (χ0) is 10.2. The van der Waals surface area contributed by atoms with Crippen molar-refractivity contribution in [3.8, 4) is 0 Å². The van der Waals surface area contributed by atoms with Gasteiger partial charge in [0, 0.05) is 6.54 Å². The van der Waals surface area contributed by atoms with Gasteiger partial charge < -0.3 is 0 Å². The molecule has 0 N–H and O–H groups in total. The van der Waals surface area contributed by atoms with Crippen LogP contribution < -0.4 is 4.31 Å². The van der Waals surface area contributed by atoms with Crippen LogP contribution in [-0.2, 0) is 10.0 Å². The minimum atomic E-state index is -3.03. The summed E-state index contributed by atoms with van der Waals surface area (Å²) in [6.07, 6.45) is 0.733. The van der Waals surface area contributed by atoms with Crippen molar-refractivity contribution in [2.45, 2.75) is 13.3 Å². The summed E-state index contributed by atoms with van der Waals surface area (Å²) in [7, 11) is -3.03. The van der Waals surface area contributed by atoms with Crippen LogP contribution in [0.25, 0.3) is 0 Å². The zero-order valence-electron chi connectivity index (χ0n) is 8.10. The molecule has 0 amide bonds. The van der Waals surface area contributed by atoms with E-state index in [0.717, 1.165) is 17.7 Å². The second-order valence-corrected chi connectivity index (χ2v) is 5.54. The lowest BCUT2D eigenvalue weighted by molar-refractivity contribution is 0.599. The van der Waals surface area contributed by atoms with Gasteiger partial charge in [-0.25, -0.2) is 8.42 Å². The summed E-state index contributed by atoms with van der Waals surface area (Å²) in [5, 5.41) is 0. The molecule has 2 rings (SSSR count). The second kappa shape index (κ2) is 3.28. The normalized spacial score (nSPS) is 19.9. The average Bonchev–Trinajstić information content (AvgIpc) is 2.46. The number of rotatable bonds is 1. The van der Waals surface area contributed by atoms with Gasteiger partial charge in [-0.1, -0.05) is 18.2 Å². The van der Waals surface area contributed by atoms with Crippen molar-refractivity contribution in [1.82, 2.24) is 0 Å². The predicted octanol–water partition coefficient (Wildman–Crippen LogP) is 1.53. The second-order valence-electron chi connectivity index (χ2n) is 3.53. The fraction of sp³-hybridized carbons (Fsp3) is 0.400. The standard InChI is InChI=1S/C10H13NO2S/c1-9-5-2-3-6-10(9)11-7-4-8-14(11,12)13/h2-3,5-6H,4,7-8H2,1H3. The minimum absolute atomic E-state index is 0.279. The summed E-state index contributed by atoms with van der Waals surface area (Å²) < 4.78 is 24.8. The molecule has 76 valence electrons. The molecule has 0 unspecified atom stereocenters.